The predicted octanol–water partition coefficient (Wildman–Crippen LogP) is 3.78. The SMILES string of the molecule is CC(C(N)=O)C1(Cl)CCN(c2ccccc2)CC1c1ccccc1. The molecule has 1 saturated heterocycles. The lowest BCUT2D eigenvalue weighted by molar-refractivity contribution is -0.122. The van der Waals surface area contributed by atoms with Crippen LogP contribution in [0.25, 0.3) is 0 Å². The molecule has 3 rings (SSSR count). The number of primary amides is 1. The minimum Gasteiger partial charge on any atom is -0.371 e. The first-order valence-electron chi connectivity index (χ1n) is 8.35. The second-order valence-corrected chi connectivity index (χ2v) is 7.25. The van der Waals surface area contributed by atoms with Crippen molar-refractivity contribution in [2.45, 2.75) is 24.1 Å². The number of hydrogen-bond acceptors (Lipinski definition) is 2. The van der Waals surface area contributed by atoms with Crippen LogP contribution >= 0.6 is 11.6 Å². The van der Waals surface area contributed by atoms with Gasteiger partial charge in [0, 0.05) is 24.7 Å². The summed E-state index contributed by atoms with van der Waals surface area (Å²) in [7, 11) is 0. The molecule has 0 aromatic heterocycles. The first kappa shape index (κ1) is 16.8. The van der Waals surface area contributed by atoms with Crippen molar-refractivity contribution in [2.24, 2.45) is 11.7 Å². The van der Waals surface area contributed by atoms with Crippen molar-refractivity contribution in [2.75, 3.05) is 18.0 Å². The summed E-state index contributed by atoms with van der Waals surface area (Å²) in [5.74, 6) is -0.682. The van der Waals surface area contributed by atoms with Crippen molar-refractivity contribution in [1.82, 2.24) is 0 Å². The number of nitrogens with two attached hydrogens (primary N) is 1. The Kier molecular flexibility index (Phi) is 4.81. The van der Waals surface area contributed by atoms with E-state index in [-0.39, 0.29) is 17.7 Å². The third kappa shape index (κ3) is 3.13. The van der Waals surface area contributed by atoms with Crippen molar-refractivity contribution in [3.05, 3.63) is 66.2 Å². The Morgan fingerprint density at radius 1 is 1.17 bits per heavy atom. The minimum atomic E-state index is -0.654. The standard InChI is InChI=1S/C20H23ClN2O/c1-15(19(22)24)20(21)12-13-23(17-10-6-3-7-11-17)14-18(20)16-8-4-2-5-9-16/h2-11,15,18H,12-14H2,1H3,(H2,22,24). The van der Waals surface area contributed by atoms with E-state index in [1.165, 1.54) is 5.69 Å². The van der Waals surface area contributed by atoms with Gasteiger partial charge in [-0.05, 0) is 24.1 Å². The third-order valence-corrected chi connectivity index (χ3v) is 6.00. The number of alkyl halides is 1. The van der Waals surface area contributed by atoms with Gasteiger partial charge in [-0.1, -0.05) is 55.5 Å². The van der Waals surface area contributed by atoms with Gasteiger partial charge in [-0.3, -0.25) is 4.79 Å². The summed E-state index contributed by atoms with van der Waals surface area (Å²) in [4.78, 5) is 13.5. The Morgan fingerprint density at radius 2 is 1.75 bits per heavy atom. The fraction of sp³-hybridized carbons (Fsp3) is 0.350. The van der Waals surface area contributed by atoms with E-state index < -0.39 is 4.87 Å². The molecule has 3 atom stereocenters. The Hall–Kier alpha value is -2.00. The van der Waals surface area contributed by atoms with Crippen LogP contribution in [0.3, 0.4) is 0 Å². The Morgan fingerprint density at radius 3 is 2.33 bits per heavy atom. The van der Waals surface area contributed by atoms with Gasteiger partial charge in [-0.15, -0.1) is 11.6 Å². The number of halogens is 1. The molecule has 1 aliphatic rings. The van der Waals surface area contributed by atoms with Crippen molar-refractivity contribution in [3.63, 3.8) is 0 Å². The number of carbonyl (C=O) groups excluding carboxylic acids is 1. The molecule has 1 fully saturated rings. The van der Waals surface area contributed by atoms with Crippen molar-refractivity contribution < 1.29 is 4.79 Å². The number of para-hydroxylation sites is 1. The maximum atomic E-state index is 11.9. The molecule has 0 spiro atoms. The molecule has 0 radical (unpaired) electrons. The third-order valence-electron chi connectivity index (χ3n) is 5.22. The van der Waals surface area contributed by atoms with Gasteiger partial charge in [0.2, 0.25) is 5.91 Å². The van der Waals surface area contributed by atoms with E-state index in [4.69, 9.17) is 17.3 Å². The Balaban J connectivity index is 1.96. The summed E-state index contributed by atoms with van der Waals surface area (Å²) < 4.78 is 0. The van der Waals surface area contributed by atoms with Gasteiger partial charge in [-0.2, -0.15) is 0 Å². The quantitative estimate of drug-likeness (QED) is 0.859. The molecule has 1 heterocycles. The van der Waals surface area contributed by atoms with Gasteiger partial charge in [-0.25, -0.2) is 0 Å². The van der Waals surface area contributed by atoms with Crippen LogP contribution in [0.2, 0.25) is 0 Å². The van der Waals surface area contributed by atoms with E-state index in [0.717, 1.165) is 18.7 Å². The van der Waals surface area contributed by atoms with E-state index in [2.05, 4.69) is 29.2 Å². The molecule has 3 nitrogen and oxygen atoms in total. The zero-order valence-electron chi connectivity index (χ0n) is 13.9. The molecule has 126 valence electrons. The highest BCUT2D eigenvalue weighted by atomic mass is 35.5. The van der Waals surface area contributed by atoms with E-state index >= 15 is 0 Å². The number of anilines is 1. The van der Waals surface area contributed by atoms with Gasteiger partial charge >= 0.3 is 0 Å². The van der Waals surface area contributed by atoms with E-state index in [1.54, 1.807) is 0 Å². The first-order valence-corrected chi connectivity index (χ1v) is 8.73. The Bertz CT molecular complexity index is 691. The van der Waals surface area contributed by atoms with Gasteiger partial charge in [0.15, 0.2) is 0 Å². The number of benzene rings is 2. The summed E-state index contributed by atoms with van der Waals surface area (Å²) in [5.41, 5.74) is 7.94. The molecular weight excluding hydrogens is 320 g/mol. The van der Waals surface area contributed by atoms with Crippen LogP contribution in [0.15, 0.2) is 60.7 Å². The molecule has 4 heteroatoms. The summed E-state index contributed by atoms with van der Waals surface area (Å²) in [6.07, 6.45) is 0.715. The smallest absolute Gasteiger partial charge is 0.222 e. The fourth-order valence-electron chi connectivity index (χ4n) is 3.64. The molecular formula is C20H23ClN2O. The van der Waals surface area contributed by atoms with Crippen LogP contribution in [-0.4, -0.2) is 23.9 Å². The average molecular weight is 343 g/mol. The molecule has 1 amide bonds. The molecule has 0 bridgehead atoms. The van der Waals surface area contributed by atoms with Crippen LogP contribution in [0.1, 0.15) is 24.8 Å². The van der Waals surface area contributed by atoms with Gasteiger partial charge in [0.1, 0.15) is 0 Å². The highest BCUT2D eigenvalue weighted by molar-refractivity contribution is 6.26. The monoisotopic (exact) mass is 342 g/mol. The number of carbonyl (C=O) groups is 1. The highest BCUT2D eigenvalue weighted by Gasteiger charge is 2.48. The zero-order chi connectivity index (χ0) is 17.2. The largest absolute Gasteiger partial charge is 0.371 e. The maximum absolute atomic E-state index is 11.9. The van der Waals surface area contributed by atoms with Crippen molar-refractivity contribution >= 4 is 23.2 Å². The average Bonchev–Trinajstić information content (AvgIpc) is 2.63. The van der Waals surface area contributed by atoms with E-state index in [0.29, 0.717) is 6.42 Å². The number of nitrogens with zero attached hydrogens (tertiary/aromatic N) is 1. The van der Waals surface area contributed by atoms with Gasteiger partial charge in [0.05, 0.1) is 10.8 Å². The summed E-state index contributed by atoms with van der Waals surface area (Å²) >= 11 is 7.05. The second kappa shape index (κ2) is 6.86. The first-order chi connectivity index (χ1) is 11.5. The van der Waals surface area contributed by atoms with Crippen molar-refractivity contribution in [3.8, 4) is 0 Å². The topological polar surface area (TPSA) is 46.3 Å². The predicted molar refractivity (Wildman–Crippen MR) is 99.4 cm³/mol. The summed E-state index contributed by atoms with van der Waals surface area (Å²) in [6.45, 7) is 3.44. The number of rotatable bonds is 4. The number of amides is 1. The summed E-state index contributed by atoms with van der Waals surface area (Å²) in [6, 6.07) is 20.5. The highest BCUT2D eigenvalue weighted by Crippen LogP contribution is 2.46. The normalized spacial score (nSPS) is 25.2. The zero-order valence-corrected chi connectivity index (χ0v) is 14.6. The van der Waals surface area contributed by atoms with Crippen LogP contribution in [0.4, 0.5) is 5.69 Å². The lowest BCUT2D eigenvalue weighted by Gasteiger charge is -2.47. The van der Waals surface area contributed by atoms with E-state index in [1.807, 2.05) is 43.3 Å². The number of hydrogen-bond donors (Lipinski definition) is 1. The number of piperidine rings is 1. The van der Waals surface area contributed by atoms with Gasteiger partial charge in [0.25, 0.3) is 0 Å². The lowest BCUT2D eigenvalue weighted by atomic mass is 9.73. The maximum Gasteiger partial charge on any atom is 0.222 e. The molecule has 2 aromatic rings. The van der Waals surface area contributed by atoms with Crippen LogP contribution in [-0.2, 0) is 4.79 Å². The molecule has 3 unspecified atom stereocenters. The van der Waals surface area contributed by atoms with Crippen LogP contribution < -0.4 is 10.6 Å². The molecule has 0 saturated carbocycles. The van der Waals surface area contributed by atoms with Crippen LogP contribution in [0.5, 0.6) is 0 Å². The molecule has 2 N–H and O–H groups in total. The fourth-order valence-corrected chi connectivity index (χ4v) is 4.03. The second-order valence-electron chi connectivity index (χ2n) is 6.55. The minimum absolute atomic E-state index is 0.0387. The van der Waals surface area contributed by atoms with E-state index in [9.17, 15) is 4.79 Å². The molecule has 0 aliphatic carbocycles. The molecule has 2 aromatic carbocycles. The van der Waals surface area contributed by atoms with Crippen molar-refractivity contribution in [1.29, 1.82) is 0 Å². The summed E-state index contributed by atoms with van der Waals surface area (Å²) in [5, 5.41) is 0. The van der Waals surface area contributed by atoms with Gasteiger partial charge < -0.3 is 10.6 Å². The lowest BCUT2D eigenvalue weighted by Crippen LogP contribution is -2.53. The molecule has 1 aliphatic heterocycles. The Labute approximate surface area is 148 Å². The molecule has 24 heavy (non-hydrogen) atoms. The van der Waals surface area contributed by atoms with Crippen LogP contribution in [0, 0.1) is 5.92 Å².